The molecular formula is C19H15N3O5. The second kappa shape index (κ2) is 7.71. The zero-order valence-electron chi connectivity index (χ0n) is 14.1. The van der Waals surface area contributed by atoms with Crippen LogP contribution in [0.2, 0.25) is 0 Å². The minimum absolute atomic E-state index is 0.0102. The van der Waals surface area contributed by atoms with Crippen LogP contribution in [0.15, 0.2) is 59.7 Å². The van der Waals surface area contributed by atoms with Crippen LogP contribution in [0.25, 0.3) is 12.2 Å². The molecule has 2 aromatic rings. The van der Waals surface area contributed by atoms with Gasteiger partial charge in [0.15, 0.2) is 5.78 Å². The summed E-state index contributed by atoms with van der Waals surface area (Å²) in [7, 11) is 0. The number of Topliss-reactive ketones (excluding diaryl/α,β-unsaturated/α-hetero) is 1. The molecule has 1 fully saturated rings. The van der Waals surface area contributed by atoms with Crippen LogP contribution in [-0.2, 0) is 4.79 Å². The molecule has 0 atom stereocenters. The van der Waals surface area contributed by atoms with E-state index < -0.39 is 9.85 Å². The fourth-order valence-electron chi connectivity index (χ4n) is 2.72. The van der Waals surface area contributed by atoms with E-state index in [1.165, 1.54) is 24.3 Å². The number of carbonyl (C=O) groups excluding carboxylic acids is 1. The normalized spacial score (nSPS) is 17.3. The zero-order valence-corrected chi connectivity index (χ0v) is 14.1. The third-order valence-electron chi connectivity index (χ3n) is 4.10. The standard InChI is InChI=1S/C19H15N3O5/c23-19-15(9-13-1-5-17(6-2-13)21(24)25)11-20-12-16(19)10-14-3-7-18(8-4-14)22(26)27/h1-10,20H,11-12H2/b15-9+,16-10+. The highest BCUT2D eigenvalue weighted by Gasteiger charge is 2.20. The first-order valence-corrected chi connectivity index (χ1v) is 8.09. The number of nitro benzene ring substituents is 2. The number of hydrogen-bond acceptors (Lipinski definition) is 6. The van der Waals surface area contributed by atoms with Gasteiger partial charge in [0.1, 0.15) is 0 Å². The van der Waals surface area contributed by atoms with E-state index in [1.807, 2.05) is 0 Å². The average Bonchev–Trinajstić information content (AvgIpc) is 2.66. The lowest BCUT2D eigenvalue weighted by Gasteiger charge is -2.18. The van der Waals surface area contributed by atoms with E-state index in [-0.39, 0.29) is 17.2 Å². The highest BCUT2D eigenvalue weighted by Crippen LogP contribution is 2.20. The molecule has 1 N–H and O–H groups in total. The number of nitrogens with zero attached hydrogens (tertiary/aromatic N) is 2. The molecule has 0 saturated carbocycles. The van der Waals surface area contributed by atoms with Gasteiger partial charge in [0.25, 0.3) is 11.4 Å². The number of ketones is 1. The first-order chi connectivity index (χ1) is 12.9. The minimum atomic E-state index is -0.477. The third-order valence-corrected chi connectivity index (χ3v) is 4.10. The molecule has 0 spiro atoms. The summed E-state index contributed by atoms with van der Waals surface area (Å²) < 4.78 is 0. The predicted octanol–water partition coefficient (Wildman–Crippen LogP) is 3.14. The van der Waals surface area contributed by atoms with Gasteiger partial charge in [-0.2, -0.15) is 0 Å². The fraction of sp³-hybridized carbons (Fsp3) is 0.105. The number of non-ortho nitro benzene ring substituents is 2. The third kappa shape index (κ3) is 4.31. The fourth-order valence-corrected chi connectivity index (χ4v) is 2.72. The van der Waals surface area contributed by atoms with Gasteiger partial charge in [-0.3, -0.25) is 25.0 Å². The van der Waals surface area contributed by atoms with Gasteiger partial charge in [0.05, 0.1) is 9.85 Å². The van der Waals surface area contributed by atoms with Crippen molar-refractivity contribution in [1.29, 1.82) is 0 Å². The number of hydrogen-bond donors (Lipinski definition) is 1. The second-order valence-corrected chi connectivity index (χ2v) is 5.97. The number of piperidine rings is 1. The molecule has 1 aliphatic heterocycles. The second-order valence-electron chi connectivity index (χ2n) is 5.97. The molecule has 0 amide bonds. The maximum atomic E-state index is 12.7. The maximum absolute atomic E-state index is 12.7. The van der Waals surface area contributed by atoms with Crippen molar-refractivity contribution in [2.24, 2.45) is 0 Å². The Morgan fingerprint density at radius 2 is 1.11 bits per heavy atom. The Hall–Kier alpha value is -3.65. The molecule has 8 heteroatoms. The summed E-state index contributed by atoms with van der Waals surface area (Å²) in [4.78, 5) is 33.2. The topological polar surface area (TPSA) is 115 Å². The molecule has 3 rings (SSSR count). The Morgan fingerprint density at radius 3 is 1.44 bits per heavy atom. The number of rotatable bonds is 4. The summed E-state index contributed by atoms with van der Waals surface area (Å²) in [6, 6.07) is 11.9. The first-order valence-electron chi connectivity index (χ1n) is 8.09. The minimum Gasteiger partial charge on any atom is -0.308 e. The molecular weight excluding hydrogens is 350 g/mol. The van der Waals surface area contributed by atoms with Gasteiger partial charge >= 0.3 is 0 Å². The zero-order chi connectivity index (χ0) is 19.4. The van der Waals surface area contributed by atoms with Crippen LogP contribution < -0.4 is 5.32 Å². The quantitative estimate of drug-likeness (QED) is 0.505. The monoisotopic (exact) mass is 365 g/mol. The van der Waals surface area contributed by atoms with Crippen molar-refractivity contribution in [1.82, 2.24) is 5.32 Å². The molecule has 1 heterocycles. The largest absolute Gasteiger partial charge is 0.308 e. The highest BCUT2D eigenvalue weighted by atomic mass is 16.6. The number of nitro groups is 2. The summed E-state index contributed by atoms with van der Waals surface area (Å²) >= 11 is 0. The molecule has 136 valence electrons. The Balaban J connectivity index is 1.82. The lowest BCUT2D eigenvalue weighted by molar-refractivity contribution is -0.385. The van der Waals surface area contributed by atoms with E-state index in [0.717, 1.165) is 0 Å². The van der Waals surface area contributed by atoms with E-state index >= 15 is 0 Å². The van der Waals surface area contributed by atoms with Crippen molar-refractivity contribution < 1.29 is 14.6 Å². The van der Waals surface area contributed by atoms with E-state index in [0.29, 0.717) is 35.4 Å². The lowest BCUT2D eigenvalue weighted by atomic mass is 9.95. The van der Waals surface area contributed by atoms with E-state index in [9.17, 15) is 25.0 Å². The van der Waals surface area contributed by atoms with Crippen LogP contribution in [0.5, 0.6) is 0 Å². The Morgan fingerprint density at radius 1 is 0.741 bits per heavy atom. The van der Waals surface area contributed by atoms with Crippen molar-refractivity contribution >= 4 is 29.3 Å². The Labute approximate surface area is 154 Å². The predicted molar refractivity (Wildman–Crippen MR) is 100 cm³/mol. The van der Waals surface area contributed by atoms with Gasteiger partial charge in [-0.05, 0) is 47.5 Å². The molecule has 2 aromatic carbocycles. The number of benzene rings is 2. The van der Waals surface area contributed by atoms with Crippen molar-refractivity contribution in [2.75, 3.05) is 13.1 Å². The number of carbonyl (C=O) groups is 1. The lowest BCUT2D eigenvalue weighted by Crippen LogP contribution is -2.32. The molecule has 0 aliphatic carbocycles. The van der Waals surface area contributed by atoms with E-state index in [2.05, 4.69) is 5.32 Å². The molecule has 8 nitrogen and oxygen atoms in total. The van der Waals surface area contributed by atoms with Crippen LogP contribution in [0.1, 0.15) is 11.1 Å². The van der Waals surface area contributed by atoms with Gasteiger partial charge in [-0.25, -0.2) is 0 Å². The smallest absolute Gasteiger partial charge is 0.269 e. The van der Waals surface area contributed by atoms with Gasteiger partial charge in [-0.1, -0.05) is 0 Å². The van der Waals surface area contributed by atoms with Crippen molar-refractivity contribution in [3.63, 3.8) is 0 Å². The van der Waals surface area contributed by atoms with Crippen LogP contribution in [0.3, 0.4) is 0 Å². The SMILES string of the molecule is O=C1/C(=C/c2ccc([N+](=O)[O-])cc2)CNC/C1=C\c1ccc([N+](=O)[O-])cc1. The summed E-state index contributed by atoms with van der Waals surface area (Å²) in [5.41, 5.74) is 2.46. The molecule has 27 heavy (non-hydrogen) atoms. The molecule has 0 aromatic heterocycles. The number of nitrogens with one attached hydrogen (secondary N) is 1. The highest BCUT2D eigenvalue weighted by molar-refractivity contribution is 6.14. The van der Waals surface area contributed by atoms with E-state index in [1.54, 1.807) is 36.4 Å². The van der Waals surface area contributed by atoms with E-state index in [4.69, 9.17) is 0 Å². The van der Waals surface area contributed by atoms with Gasteiger partial charge in [-0.15, -0.1) is 0 Å². The first kappa shape index (κ1) is 18.2. The molecule has 1 aliphatic rings. The summed E-state index contributed by atoms with van der Waals surface area (Å²) in [6.07, 6.45) is 3.39. The Kier molecular flexibility index (Phi) is 5.18. The molecule has 0 bridgehead atoms. The maximum Gasteiger partial charge on any atom is 0.269 e. The molecule has 1 saturated heterocycles. The van der Waals surface area contributed by atoms with Crippen molar-refractivity contribution in [2.45, 2.75) is 0 Å². The van der Waals surface area contributed by atoms with Gasteiger partial charge in [0.2, 0.25) is 0 Å². The van der Waals surface area contributed by atoms with Gasteiger partial charge < -0.3 is 5.32 Å². The average molecular weight is 365 g/mol. The summed E-state index contributed by atoms with van der Waals surface area (Å²) in [5, 5.41) is 24.6. The van der Waals surface area contributed by atoms with Crippen LogP contribution in [0.4, 0.5) is 11.4 Å². The molecule has 0 unspecified atom stereocenters. The summed E-state index contributed by atoms with van der Waals surface area (Å²) in [6.45, 7) is 0.793. The Bertz CT molecular complexity index is 882. The van der Waals surface area contributed by atoms with Crippen LogP contribution in [0, 0.1) is 20.2 Å². The van der Waals surface area contributed by atoms with Crippen molar-refractivity contribution in [3.05, 3.63) is 91.0 Å². The van der Waals surface area contributed by atoms with Crippen molar-refractivity contribution in [3.8, 4) is 0 Å². The summed E-state index contributed by atoms with van der Waals surface area (Å²) in [5.74, 6) is -0.120. The van der Waals surface area contributed by atoms with Gasteiger partial charge in [0, 0.05) is 48.5 Å². The molecule has 0 radical (unpaired) electrons. The van der Waals surface area contributed by atoms with Crippen LogP contribution in [-0.4, -0.2) is 28.7 Å². The van der Waals surface area contributed by atoms with Crippen LogP contribution >= 0.6 is 0 Å².